The number of likely N-dealkylation sites (N-methyl/N-ethyl adjacent to an activating group) is 1. The number of nitrogens with zero attached hydrogens (tertiary/aromatic N) is 3. The summed E-state index contributed by atoms with van der Waals surface area (Å²) in [6.45, 7) is 3.36. The third-order valence-electron chi connectivity index (χ3n) is 3.38. The van der Waals surface area contributed by atoms with Crippen molar-refractivity contribution in [2.24, 2.45) is 0 Å². The minimum Gasteiger partial charge on any atom is -0.358 e. The third kappa shape index (κ3) is 3.64. The summed E-state index contributed by atoms with van der Waals surface area (Å²) in [6.07, 6.45) is 3.08. The Bertz CT molecular complexity index is 446. The summed E-state index contributed by atoms with van der Waals surface area (Å²) in [5, 5.41) is 3.18. The third-order valence-corrected chi connectivity index (χ3v) is 3.57. The summed E-state index contributed by atoms with van der Waals surface area (Å²) in [6, 6.07) is 1.65. The van der Waals surface area contributed by atoms with Gasteiger partial charge in [0.05, 0.1) is 12.6 Å². The Labute approximate surface area is 118 Å². The first kappa shape index (κ1) is 14.2. The second-order valence-corrected chi connectivity index (χ2v) is 5.23. The van der Waals surface area contributed by atoms with Gasteiger partial charge in [0, 0.05) is 12.7 Å². The van der Waals surface area contributed by atoms with Crippen molar-refractivity contribution in [2.45, 2.75) is 38.8 Å². The molecule has 0 bridgehead atoms. The van der Waals surface area contributed by atoms with Crippen LogP contribution in [-0.2, 0) is 11.3 Å². The van der Waals surface area contributed by atoms with E-state index in [2.05, 4.69) is 20.2 Å². The lowest BCUT2D eigenvalue weighted by Gasteiger charge is -2.33. The first-order valence-electron chi connectivity index (χ1n) is 6.56. The highest BCUT2D eigenvalue weighted by atomic mass is 35.5. The average Bonchev–Trinajstić information content (AvgIpc) is 2.37. The van der Waals surface area contributed by atoms with Crippen molar-refractivity contribution in [3.05, 3.63) is 22.7 Å². The number of hydrogen-bond donors (Lipinski definition) is 1. The van der Waals surface area contributed by atoms with E-state index < -0.39 is 0 Å². The van der Waals surface area contributed by atoms with E-state index in [4.69, 9.17) is 11.6 Å². The van der Waals surface area contributed by atoms with E-state index >= 15 is 0 Å². The molecule has 1 aliphatic rings. The van der Waals surface area contributed by atoms with Gasteiger partial charge in [-0.25, -0.2) is 9.97 Å². The number of piperidine rings is 1. The zero-order valence-corrected chi connectivity index (χ0v) is 12.1. The van der Waals surface area contributed by atoms with Gasteiger partial charge in [-0.15, -0.1) is 0 Å². The van der Waals surface area contributed by atoms with E-state index in [1.807, 2.05) is 6.92 Å². The second-order valence-electron chi connectivity index (χ2n) is 4.84. The van der Waals surface area contributed by atoms with E-state index in [1.165, 1.54) is 0 Å². The quantitative estimate of drug-likeness (QED) is 0.855. The van der Waals surface area contributed by atoms with Crippen LogP contribution in [0.1, 0.15) is 30.8 Å². The van der Waals surface area contributed by atoms with E-state index in [1.54, 1.807) is 13.1 Å². The number of halogens is 1. The van der Waals surface area contributed by atoms with Gasteiger partial charge in [-0.1, -0.05) is 18.0 Å². The molecule has 5 nitrogen and oxygen atoms in total. The van der Waals surface area contributed by atoms with Crippen molar-refractivity contribution in [3.8, 4) is 0 Å². The Morgan fingerprint density at radius 2 is 2.32 bits per heavy atom. The largest absolute Gasteiger partial charge is 0.358 e. The zero-order chi connectivity index (χ0) is 13.8. The topological polar surface area (TPSA) is 58.1 Å². The molecule has 6 heteroatoms. The number of carbonyl (C=O) groups is 1. The molecule has 104 valence electrons. The van der Waals surface area contributed by atoms with Crippen molar-refractivity contribution >= 4 is 17.5 Å². The predicted octanol–water partition coefficient (Wildman–Crippen LogP) is 1.54. The Balaban J connectivity index is 2.12. The van der Waals surface area contributed by atoms with Gasteiger partial charge in [0.2, 0.25) is 5.91 Å². The molecular weight excluding hydrogens is 264 g/mol. The van der Waals surface area contributed by atoms with Gasteiger partial charge in [0.1, 0.15) is 11.0 Å². The van der Waals surface area contributed by atoms with Crippen LogP contribution in [0.15, 0.2) is 6.07 Å². The van der Waals surface area contributed by atoms with Crippen LogP contribution in [0, 0.1) is 6.92 Å². The molecule has 0 radical (unpaired) electrons. The van der Waals surface area contributed by atoms with Crippen molar-refractivity contribution in [1.82, 2.24) is 20.2 Å². The van der Waals surface area contributed by atoms with Crippen LogP contribution in [0.25, 0.3) is 0 Å². The summed E-state index contributed by atoms with van der Waals surface area (Å²) in [4.78, 5) is 22.6. The Kier molecular flexibility index (Phi) is 4.71. The lowest BCUT2D eigenvalue weighted by Crippen LogP contribution is -2.48. The molecule has 0 aliphatic carbocycles. The zero-order valence-electron chi connectivity index (χ0n) is 11.3. The molecule has 2 heterocycles. The summed E-state index contributed by atoms with van der Waals surface area (Å²) >= 11 is 5.95. The normalized spacial score (nSPS) is 20.3. The fourth-order valence-corrected chi connectivity index (χ4v) is 2.74. The molecule has 1 saturated heterocycles. The first-order valence-corrected chi connectivity index (χ1v) is 6.93. The minimum atomic E-state index is -0.0818. The maximum atomic E-state index is 11.9. The van der Waals surface area contributed by atoms with Crippen LogP contribution >= 0.6 is 11.6 Å². The maximum absolute atomic E-state index is 11.9. The van der Waals surface area contributed by atoms with Crippen LogP contribution in [0.4, 0.5) is 0 Å². The molecule has 0 spiro atoms. The molecule has 1 aliphatic heterocycles. The molecule has 1 unspecified atom stereocenters. The number of amides is 1. The Morgan fingerprint density at radius 3 is 3.00 bits per heavy atom. The molecule has 1 aromatic heterocycles. The van der Waals surface area contributed by atoms with Gasteiger partial charge in [0.15, 0.2) is 0 Å². The van der Waals surface area contributed by atoms with E-state index in [0.29, 0.717) is 17.5 Å². The number of hydrogen-bond acceptors (Lipinski definition) is 4. The lowest BCUT2D eigenvalue weighted by atomic mass is 10.0. The molecule has 0 saturated carbocycles. The van der Waals surface area contributed by atoms with Crippen molar-refractivity contribution in [1.29, 1.82) is 0 Å². The van der Waals surface area contributed by atoms with Crippen LogP contribution in [0.3, 0.4) is 0 Å². The van der Waals surface area contributed by atoms with Crippen molar-refractivity contribution in [3.63, 3.8) is 0 Å². The smallest absolute Gasteiger partial charge is 0.237 e. The van der Waals surface area contributed by atoms with Crippen LogP contribution < -0.4 is 5.32 Å². The average molecular weight is 283 g/mol. The van der Waals surface area contributed by atoms with E-state index in [-0.39, 0.29) is 11.9 Å². The standard InChI is InChI=1S/C13H19ClN4O/c1-9-7-11(14)17-12(16-9)8-18-6-4-3-5-10(18)13(19)15-2/h7,10H,3-6,8H2,1-2H3,(H,15,19). The molecule has 1 N–H and O–H groups in total. The summed E-state index contributed by atoms with van der Waals surface area (Å²) in [5.41, 5.74) is 0.850. The van der Waals surface area contributed by atoms with Crippen LogP contribution in [0.2, 0.25) is 5.15 Å². The maximum Gasteiger partial charge on any atom is 0.237 e. The fraction of sp³-hybridized carbons (Fsp3) is 0.615. The van der Waals surface area contributed by atoms with Crippen molar-refractivity contribution < 1.29 is 4.79 Å². The summed E-state index contributed by atoms with van der Waals surface area (Å²) < 4.78 is 0. The number of aromatic nitrogens is 2. The second kappa shape index (κ2) is 6.30. The van der Waals surface area contributed by atoms with Gasteiger partial charge in [0.25, 0.3) is 0 Å². The van der Waals surface area contributed by atoms with Gasteiger partial charge in [-0.2, -0.15) is 0 Å². The number of carbonyl (C=O) groups excluding carboxylic acids is 1. The predicted molar refractivity (Wildman–Crippen MR) is 73.9 cm³/mol. The van der Waals surface area contributed by atoms with E-state index in [0.717, 1.165) is 31.5 Å². The molecule has 19 heavy (non-hydrogen) atoms. The molecule has 1 amide bonds. The molecule has 1 fully saturated rings. The fourth-order valence-electron chi connectivity index (χ4n) is 2.48. The number of aryl methyl sites for hydroxylation is 1. The molecule has 2 rings (SSSR count). The summed E-state index contributed by atoms with van der Waals surface area (Å²) in [5.74, 6) is 0.749. The van der Waals surface area contributed by atoms with Gasteiger partial charge >= 0.3 is 0 Å². The Hall–Kier alpha value is -1.20. The van der Waals surface area contributed by atoms with Gasteiger partial charge in [-0.05, 0) is 32.4 Å². The molecular formula is C13H19ClN4O. The summed E-state index contributed by atoms with van der Waals surface area (Å²) in [7, 11) is 1.68. The highest BCUT2D eigenvalue weighted by Crippen LogP contribution is 2.19. The van der Waals surface area contributed by atoms with Crippen LogP contribution in [-0.4, -0.2) is 40.4 Å². The molecule has 1 atom stereocenters. The number of likely N-dealkylation sites (tertiary alicyclic amines) is 1. The first-order chi connectivity index (χ1) is 9.10. The minimum absolute atomic E-state index is 0.0680. The number of rotatable bonds is 3. The van der Waals surface area contributed by atoms with Gasteiger partial charge in [-0.3, -0.25) is 9.69 Å². The molecule has 1 aromatic rings. The van der Waals surface area contributed by atoms with E-state index in [9.17, 15) is 4.79 Å². The highest BCUT2D eigenvalue weighted by molar-refractivity contribution is 6.29. The van der Waals surface area contributed by atoms with Crippen LogP contribution in [0.5, 0.6) is 0 Å². The lowest BCUT2D eigenvalue weighted by molar-refractivity contribution is -0.127. The molecule has 0 aromatic carbocycles. The Morgan fingerprint density at radius 1 is 1.53 bits per heavy atom. The monoisotopic (exact) mass is 282 g/mol. The SMILES string of the molecule is CNC(=O)C1CCCCN1Cc1nc(C)cc(Cl)n1. The highest BCUT2D eigenvalue weighted by Gasteiger charge is 2.28. The van der Waals surface area contributed by atoms with Gasteiger partial charge < -0.3 is 5.32 Å². The number of nitrogens with one attached hydrogen (secondary N) is 1. The van der Waals surface area contributed by atoms with Crippen molar-refractivity contribution in [2.75, 3.05) is 13.6 Å².